The molecule has 0 atom stereocenters. The highest BCUT2D eigenvalue weighted by atomic mass is 35.5. The molecule has 106 valence electrons. The van der Waals surface area contributed by atoms with Gasteiger partial charge in [-0.05, 0) is 30.3 Å². The zero-order valence-corrected chi connectivity index (χ0v) is 12.8. The van der Waals surface area contributed by atoms with E-state index in [0.717, 1.165) is 14.0 Å². The number of urea groups is 1. The molecule has 2 rings (SSSR count). The predicted molar refractivity (Wildman–Crippen MR) is 81.7 cm³/mol. The van der Waals surface area contributed by atoms with E-state index < -0.39 is 6.03 Å². The van der Waals surface area contributed by atoms with Crippen molar-refractivity contribution in [1.29, 1.82) is 0 Å². The van der Waals surface area contributed by atoms with Crippen LogP contribution in [0.1, 0.15) is 4.88 Å². The Balaban J connectivity index is 1.94. The van der Waals surface area contributed by atoms with E-state index in [-0.39, 0.29) is 6.54 Å². The molecule has 20 heavy (non-hydrogen) atoms. The Labute approximate surface area is 130 Å². The minimum Gasteiger partial charge on any atom is -0.350 e. The number of primary amides is 1. The van der Waals surface area contributed by atoms with Crippen molar-refractivity contribution >= 4 is 40.7 Å². The second kappa shape index (κ2) is 6.99. The average Bonchev–Trinajstić information content (AvgIpc) is 2.83. The van der Waals surface area contributed by atoms with Crippen molar-refractivity contribution in [2.45, 2.75) is 15.5 Å². The molecule has 2 amide bonds. The molecular weight excluding hydrogens is 316 g/mol. The summed E-state index contributed by atoms with van der Waals surface area (Å²) < 4.78 is 1.13. The summed E-state index contributed by atoms with van der Waals surface area (Å²) in [7, 11) is 0. The molecule has 0 spiro atoms. The first-order chi connectivity index (χ1) is 9.54. The van der Waals surface area contributed by atoms with Gasteiger partial charge in [-0.15, -0.1) is 11.3 Å². The van der Waals surface area contributed by atoms with Gasteiger partial charge in [0, 0.05) is 21.2 Å². The molecule has 0 unspecified atom stereocenters. The smallest absolute Gasteiger partial charge is 0.338 e. The van der Waals surface area contributed by atoms with Crippen LogP contribution in [-0.2, 0) is 6.42 Å². The van der Waals surface area contributed by atoms with Crippen LogP contribution in [0.15, 0.2) is 45.5 Å². The third-order valence-electron chi connectivity index (χ3n) is 2.48. The van der Waals surface area contributed by atoms with Crippen molar-refractivity contribution in [1.82, 2.24) is 5.06 Å². The summed E-state index contributed by atoms with van der Waals surface area (Å²) in [5.74, 6) is 0. The van der Waals surface area contributed by atoms with Crippen molar-refractivity contribution < 1.29 is 10.0 Å². The van der Waals surface area contributed by atoms with Crippen LogP contribution in [0.2, 0.25) is 5.02 Å². The lowest BCUT2D eigenvalue weighted by molar-refractivity contribution is -0.0380. The molecule has 4 nitrogen and oxygen atoms in total. The van der Waals surface area contributed by atoms with Crippen molar-refractivity contribution in [2.75, 3.05) is 6.54 Å². The SMILES string of the molecule is NC(=O)N(O)CCc1ccc(Sc2cccc(Cl)c2)s1. The highest BCUT2D eigenvalue weighted by Crippen LogP contribution is 2.34. The number of nitrogens with zero attached hydrogens (tertiary/aromatic N) is 1. The molecule has 0 aliphatic carbocycles. The monoisotopic (exact) mass is 328 g/mol. The predicted octanol–water partition coefficient (Wildman–Crippen LogP) is 3.87. The van der Waals surface area contributed by atoms with Gasteiger partial charge in [-0.1, -0.05) is 29.4 Å². The van der Waals surface area contributed by atoms with Crippen LogP contribution in [0, 0.1) is 0 Å². The number of hydrogen-bond acceptors (Lipinski definition) is 4. The van der Waals surface area contributed by atoms with Gasteiger partial charge < -0.3 is 5.73 Å². The quantitative estimate of drug-likeness (QED) is 0.647. The highest BCUT2D eigenvalue weighted by Gasteiger charge is 2.08. The number of carbonyl (C=O) groups is 1. The molecule has 0 aliphatic heterocycles. The standard InChI is InChI=1S/C13H13ClN2O2S2/c14-9-2-1-3-11(8-9)20-12-5-4-10(19-12)6-7-16(18)13(15)17/h1-5,8,18H,6-7H2,(H2,15,17). The summed E-state index contributed by atoms with van der Waals surface area (Å²) in [5.41, 5.74) is 4.95. The Bertz CT molecular complexity index is 604. The molecule has 0 fully saturated rings. The minimum absolute atomic E-state index is 0.192. The third kappa shape index (κ3) is 4.42. The molecule has 0 radical (unpaired) electrons. The second-order valence-electron chi connectivity index (χ2n) is 3.99. The van der Waals surface area contributed by atoms with Crippen molar-refractivity contribution in [3.8, 4) is 0 Å². The van der Waals surface area contributed by atoms with Gasteiger partial charge in [0.05, 0.1) is 10.8 Å². The summed E-state index contributed by atoms with van der Waals surface area (Å²) in [5, 5.41) is 10.4. The molecule has 1 aromatic carbocycles. The van der Waals surface area contributed by atoms with Crippen LogP contribution >= 0.6 is 34.7 Å². The Hall–Kier alpha value is -1.21. The normalized spacial score (nSPS) is 10.5. The number of benzene rings is 1. The number of hydrogen-bond donors (Lipinski definition) is 2. The number of rotatable bonds is 5. The van der Waals surface area contributed by atoms with E-state index in [1.807, 2.05) is 36.4 Å². The fourth-order valence-corrected chi connectivity index (χ4v) is 3.98. The molecule has 2 aromatic rings. The average molecular weight is 329 g/mol. The Morgan fingerprint density at radius 3 is 2.90 bits per heavy atom. The zero-order valence-electron chi connectivity index (χ0n) is 10.5. The molecule has 0 bridgehead atoms. The van der Waals surface area contributed by atoms with Crippen LogP contribution in [0.5, 0.6) is 0 Å². The van der Waals surface area contributed by atoms with E-state index in [9.17, 15) is 10.0 Å². The van der Waals surface area contributed by atoms with Crippen LogP contribution in [0.3, 0.4) is 0 Å². The number of amides is 2. The highest BCUT2D eigenvalue weighted by molar-refractivity contribution is 8.01. The molecule has 0 saturated carbocycles. The number of thiophene rings is 1. The van der Waals surface area contributed by atoms with Gasteiger partial charge in [-0.3, -0.25) is 5.21 Å². The summed E-state index contributed by atoms with van der Waals surface area (Å²) >= 11 is 9.19. The number of halogens is 1. The topological polar surface area (TPSA) is 66.6 Å². The van der Waals surface area contributed by atoms with Crippen LogP contribution in [0.4, 0.5) is 4.79 Å². The number of hydroxylamine groups is 2. The van der Waals surface area contributed by atoms with Crippen molar-refractivity contribution in [2.24, 2.45) is 5.73 Å². The molecule has 7 heteroatoms. The number of nitrogens with two attached hydrogens (primary N) is 1. The largest absolute Gasteiger partial charge is 0.350 e. The Morgan fingerprint density at radius 1 is 1.40 bits per heavy atom. The lowest BCUT2D eigenvalue weighted by atomic mass is 10.3. The van der Waals surface area contributed by atoms with E-state index in [1.165, 1.54) is 0 Å². The lowest BCUT2D eigenvalue weighted by Gasteiger charge is -2.10. The molecule has 3 N–H and O–H groups in total. The first kappa shape index (κ1) is 15.2. The fraction of sp³-hybridized carbons (Fsp3) is 0.154. The summed E-state index contributed by atoms with van der Waals surface area (Å²) in [6.45, 7) is 0.192. The molecule has 1 aromatic heterocycles. The Morgan fingerprint density at radius 2 is 2.20 bits per heavy atom. The van der Waals surface area contributed by atoms with E-state index in [4.69, 9.17) is 17.3 Å². The number of carbonyl (C=O) groups excluding carboxylic acids is 1. The molecule has 1 heterocycles. The van der Waals surface area contributed by atoms with Crippen molar-refractivity contribution in [3.63, 3.8) is 0 Å². The van der Waals surface area contributed by atoms with E-state index in [1.54, 1.807) is 23.1 Å². The van der Waals surface area contributed by atoms with E-state index >= 15 is 0 Å². The maximum absolute atomic E-state index is 10.7. The molecule has 0 saturated heterocycles. The lowest BCUT2D eigenvalue weighted by Crippen LogP contribution is -2.34. The maximum Gasteiger partial charge on any atom is 0.338 e. The van der Waals surface area contributed by atoms with Crippen LogP contribution in [-0.4, -0.2) is 22.8 Å². The first-order valence-electron chi connectivity index (χ1n) is 5.82. The van der Waals surface area contributed by atoms with Gasteiger partial charge in [-0.25, -0.2) is 9.86 Å². The first-order valence-corrected chi connectivity index (χ1v) is 7.83. The fourth-order valence-electron chi connectivity index (χ4n) is 1.52. The molecule has 0 aliphatic rings. The third-order valence-corrected chi connectivity index (χ3v) is 4.98. The second-order valence-corrected chi connectivity index (χ2v) is 6.97. The maximum atomic E-state index is 10.7. The minimum atomic E-state index is -0.838. The summed E-state index contributed by atoms with van der Waals surface area (Å²) in [4.78, 5) is 12.8. The van der Waals surface area contributed by atoms with Gasteiger partial charge in [0.2, 0.25) is 0 Å². The van der Waals surface area contributed by atoms with Gasteiger partial charge in [0.1, 0.15) is 0 Å². The molecular formula is C13H13ClN2O2S2. The Kier molecular flexibility index (Phi) is 5.31. The van der Waals surface area contributed by atoms with Gasteiger partial charge in [-0.2, -0.15) is 0 Å². The zero-order chi connectivity index (χ0) is 14.5. The van der Waals surface area contributed by atoms with Crippen LogP contribution < -0.4 is 5.73 Å². The van der Waals surface area contributed by atoms with E-state index in [0.29, 0.717) is 16.5 Å². The van der Waals surface area contributed by atoms with Gasteiger partial charge in [0.25, 0.3) is 0 Å². The van der Waals surface area contributed by atoms with Crippen LogP contribution in [0.25, 0.3) is 0 Å². The van der Waals surface area contributed by atoms with E-state index in [2.05, 4.69) is 0 Å². The summed E-state index contributed by atoms with van der Waals surface area (Å²) in [6.07, 6.45) is 0.570. The van der Waals surface area contributed by atoms with Gasteiger partial charge >= 0.3 is 6.03 Å². The van der Waals surface area contributed by atoms with Crippen molar-refractivity contribution in [3.05, 3.63) is 46.3 Å². The summed E-state index contributed by atoms with van der Waals surface area (Å²) in [6, 6.07) is 10.8. The van der Waals surface area contributed by atoms with Gasteiger partial charge in [0.15, 0.2) is 0 Å².